The number of nitrogens with two attached hydrogens (primary N) is 2. The van der Waals surface area contributed by atoms with Crippen LogP contribution < -0.4 is 11.5 Å². The summed E-state index contributed by atoms with van der Waals surface area (Å²) in [6.07, 6.45) is 2.02. The lowest BCUT2D eigenvalue weighted by Crippen LogP contribution is -2.42. The lowest BCUT2D eigenvalue weighted by Gasteiger charge is -2.33. The fourth-order valence-electron chi connectivity index (χ4n) is 3.83. The summed E-state index contributed by atoms with van der Waals surface area (Å²) in [4.78, 5) is 23.7. The molecule has 0 atom stereocenters. The van der Waals surface area contributed by atoms with Crippen molar-refractivity contribution in [3.8, 4) is 11.1 Å². The van der Waals surface area contributed by atoms with Crippen LogP contribution in [0.15, 0.2) is 30.2 Å². The number of carbonyl (C=O) groups excluding carboxylic acids is 2. The smallest absolute Gasteiger partial charge is 0.250 e. The lowest BCUT2D eigenvalue weighted by molar-refractivity contribution is 0.100. The van der Waals surface area contributed by atoms with Crippen molar-refractivity contribution >= 4 is 44.8 Å². The van der Waals surface area contributed by atoms with Crippen LogP contribution in [0.5, 0.6) is 0 Å². The van der Waals surface area contributed by atoms with Crippen LogP contribution in [0, 0.1) is 5.92 Å². The van der Waals surface area contributed by atoms with E-state index in [1.54, 1.807) is 26.0 Å². The molecule has 1 aliphatic heterocycles. The van der Waals surface area contributed by atoms with Crippen LogP contribution in [0.2, 0.25) is 0 Å². The third kappa shape index (κ3) is 4.58. The Morgan fingerprint density at radius 2 is 1.81 bits per heavy atom. The van der Waals surface area contributed by atoms with Crippen LogP contribution in [0.25, 0.3) is 16.7 Å². The average Bonchev–Trinajstić information content (AvgIpc) is 3.22. The van der Waals surface area contributed by atoms with E-state index >= 15 is 0 Å². The number of hydrogen-bond acceptors (Lipinski definition) is 6. The quantitative estimate of drug-likeness (QED) is 0.483. The highest BCUT2D eigenvalue weighted by Gasteiger charge is 2.32. The molecule has 1 amide bonds. The molecule has 1 saturated heterocycles. The van der Waals surface area contributed by atoms with Gasteiger partial charge in [0.1, 0.15) is 0 Å². The molecule has 3 rings (SSSR count). The van der Waals surface area contributed by atoms with Gasteiger partial charge in [0.2, 0.25) is 10.0 Å². The first-order valence-electron chi connectivity index (χ1n) is 10.0. The maximum atomic E-state index is 12.4. The molecule has 4 N–H and O–H groups in total. The van der Waals surface area contributed by atoms with Crippen molar-refractivity contribution in [2.75, 3.05) is 18.8 Å². The number of amides is 1. The van der Waals surface area contributed by atoms with Crippen molar-refractivity contribution in [2.45, 2.75) is 31.9 Å². The molecular formula is C22H27N3O4S2. The van der Waals surface area contributed by atoms with Crippen LogP contribution in [-0.4, -0.2) is 43.3 Å². The highest BCUT2D eigenvalue weighted by Crippen LogP contribution is 2.38. The number of rotatable bonds is 7. The Bertz CT molecular complexity index is 1130. The van der Waals surface area contributed by atoms with E-state index in [1.165, 1.54) is 15.6 Å². The van der Waals surface area contributed by atoms with Crippen molar-refractivity contribution < 1.29 is 18.0 Å². The van der Waals surface area contributed by atoms with Crippen molar-refractivity contribution in [3.63, 3.8) is 0 Å². The summed E-state index contributed by atoms with van der Waals surface area (Å²) >= 11 is 1.31. The number of carbonyl (C=O) groups is 2. The highest BCUT2D eigenvalue weighted by molar-refractivity contribution is 7.89. The highest BCUT2D eigenvalue weighted by atomic mass is 32.2. The number of thiophene rings is 1. The Labute approximate surface area is 186 Å². The predicted octanol–water partition coefficient (Wildman–Crippen LogP) is 3.37. The van der Waals surface area contributed by atoms with Gasteiger partial charge in [0.05, 0.1) is 21.4 Å². The lowest BCUT2D eigenvalue weighted by atomic mass is 9.84. The second-order valence-electron chi connectivity index (χ2n) is 8.00. The fourth-order valence-corrected chi connectivity index (χ4v) is 5.87. The van der Waals surface area contributed by atoms with Gasteiger partial charge in [0, 0.05) is 18.7 Å². The Morgan fingerprint density at radius 1 is 1.19 bits per heavy atom. The van der Waals surface area contributed by atoms with Crippen LogP contribution in [-0.2, 0) is 10.0 Å². The Kier molecular flexibility index (Phi) is 6.68. The Hall–Kier alpha value is -2.49. The van der Waals surface area contributed by atoms with E-state index in [-0.39, 0.29) is 17.2 Å². The first-order chi connectivity index (χ1) is 14.6. The minimum atomic E-state index is -3.29. The van der Waals surface area contributed by atoms with E-state index < -0.39 is 21.2 Å². The van der Waals surface area contributed by atoms with Crippen LogP contribution in [0.1, 0.15) is 52.3 Å². The maximum Gasteiger partial charge on any atom is 0.250 e. The first kappa shape index (κ1) is 23.2. The molecule has 0 radical (unpaired) electrons. The number of allylic oxidation sites excluding steroid dienone is 1. The minimum Gasteiger partial charge on any atom is -0.398 e. The van der Waals surface area contributed by atoms with E-state index in [0.29, 0.717) is 36.4 Å². The standard InChI is InChI=1S/C22H27N3O4S2/c1-13(2)31(28,29)25-6-4-15(5-7-25)14(3)19-9-16(10-20(21(19)23)22(24)27)17-8-18(11-26)30-12-17/h8-13,15H,3-7,23H2,1-2H3,(H2,24,27). The summed E-state index contributed by atoms with van der Waals surface area (Å²) in [6.45, 7) is 8.43. The summed E-state index contributed by atoms with van der Waals surface area (Å²) in [5.41, 5.74) is 15.2. The van der Waals surface area contributed by atoms with E-state index in [4.69, 9.17) is 11.5 Å². The van der Waals surface area contributed by atoms with Gasteiger partial charge in [-0.1, -0.05) is 6.58 Å². The molecule has 9 heteroatoms. The summed E-state index contributed by atoms with van der Waals surface area (Å²) in [5, 5.41) is 1.38. The van der Waals surface area contributed by atoms with Crippen molar-refractivity contribution in [2.24, 2.45) is 11.7 Å². The van der Waals surface area contributed by atoms with E-state index in [2.05, 4.69) is 6.58 Å². The molecule has 2 aromatic rings. The zero-order valence-electron chi connectivity index (χ0n) is 17.6. The summed E-state index contributed by atoms with van der Waals surface area (Å²) in [6, 6.07) is 5.23. The second kappa shape index (κ2) is 8.94. The number of hydrogen-bond donors (Lipinski definition) is 2. The SMILES string of the molecule is C=C(c1cc(-c2csc(C=O)c2)cc(C(N)=O)c1N)C1CCN(S(=O)(=O)C(C)C)CC1. The molecule has 0 aliphatic carbocycles. The van der Waals surface area contributed by atoms with Crippen molar-refractivity contribution in [3.05, 3.63) is 46.2 Å². The van der Waals surface area contributed by atoms with Crippen LogP contribution in [0.4, 0.5) is 5.69 Å². The fraction of sp³-hybridized carbons (Fsp3) is 0.364. The Balaban J connectivity index is 1.92. The third-order valence-corrected chi connectivity index (χ3v) is 8.90. The zero-order valence-corrected chi connectivity index (χ0v) is 19.3. The van der Waals surface area contributed by atoms with Gasteiger partial charge in [-0.15, -0.1) is 11.3 Å². The molecule has 0 bridgehead atoms. The number of primary amides is 1. The van der Waals surface area contributed by atoms with Crippen molar-refractivity contribution in [1.29, 1.82) is 0 Å². The average molecular weight is 462 g/mol. The van der Waals surface area contributed by atoms with E-state index in [0.717, 1.165) is 23.0 Å². The number of anilines is 1. The summed E-state index contributed by atoms with van der Waals surface area (Å²) < 4.78 is 26.4. The molecule has 1 aromatic carbocycles. The number of sulfonamides is 1. The van der Waals surface area contributed by atoms with E-state index in [9.17, 15) is 18.0 Å². The predicted molar refractivity (Wildman–Crippen MR) is 125 cm³/mol. The number of piperidine rings is 1. The molecule has 0 saturated carbocycles. The minimum absolute atomic E-state index is 0.0323. The normalized spacial score (nSPS) is 15.8. The third-order valence-electron chi connectivity index (χ3n) is 5.76. The molecule has 1 aromatic heterocycles. The van der Waals surface area contributed by atoms with Gasteiger partial charge in [-0.05, 0) is 72.9 Å². The van der Waals surface area contributed by atoms with Gasteiger partial charge in [-0.25, -0.2) is 12.7 Å². The topological polar surface area (TPSA) is 124 Å². The molecule has 1 aliphatic rings. The molecular weight excluding hydrogens is 434 g/mol. The first-order valence-corrected chi connectivity index (χ1v) is 12.4. The monoisotopic (exact) mass is 461 g/mol. The molecule has 7 nitrogen and oxygen atoms in total. The molecule has 166 valence electrons. The summed E-state index contributed by atoms with van der Waals surface area (Å²) in [7, 11) is -3.29. The van der Waals surface area contributed by atoms with Gasteiger partial charge in [-0.2, -0.15) is 0 Å². The number of nitrogens with zero attached hydrogens (tertiary/aromatic N) is 1. The largest absolute Gasteiger partial charge is 0.398 e. The van der Waals surface area contributed by atoms with Gasteiger partial charge >= 0.3 is 0 Å². The molecule has 31 heavy (non-hydrogen) atoms. The van der Waals surface area contributed by atoms with E-state index in [1.807, 2.05) is 11.4 Å². The van der Waals surface area contributed by atoms with Crippen molar-refractivity contribution in [1.82, 2.24) is 4.31 Å². The number of nitrogen functional groups attached to an aromatic ring is 1. The number of aldehydes is 1. The molecule has 1 fully saturated rings. The van der Waals surface area contributed by atoms with Gasteiger partial charge in [0.25, 0.3) is 5.91 Å². The molecule has 0 unspecified atom stereocenters. The molecule has 2 heterocycles. The zero-order chi connectivity index (χ0) is 22.9. The maximum absolute atomic E-state index is 12.4. The summed E-state index contributed by atoms with van der Waals surface area (Å²) in [5.74, 6) is -0.609. The van der Waals surface area contributed by atoms with Gasteiger partial charge in [0.15, 0.2) is 6.29 Å². The Morgan fingerprint density at radius 3 is 2.32 bits per heavy atom. The number of benzene rings is 1. The van der Waals surface area contributed by atoms with Gasteiger partial charge in [-0.3, -0.25) is 9.59 Å². The van der Waals surface area contributed by atoms with Gasteiger partial charge < -0.3 is 11.5 Å². The molecule has 0 spiro atoms. The second-order valence-corrected chi connectivity index (χ2v) is 11.4. The van der Waals surface area contributed by atoms with Crippen LogP contribution in [0.3, 0.4) is 0 Å². The van der Waals surface area contributed by atoms with Crippen LogP contribution >= 0.6 is 11.3 Å².